The van der Waals surface area contributed by atoms with E-state index in [1.165, 1.54) is 0 Å². The number of ether oxygens (including phenoxy) is 1. The fraction of sp³-hybridized carbons (Fsp3) is 0.562. The van der Waals surface area contributed by atoms with Crippen LogP contribution in [0, 0.1) is 0 Å². The van der Waals surface area contributed by atoms with Gasteiger partial charge in [-0.2, -0.15) is 0 Å². The van der Waals surface area contributed by atoms with E-state index in [1.54, 1.807) is 0 Å². The van der Waals surface area contributed by atoms with Gasteiger partial charge in [-0.15, -0.1) is 0 Å². The Labute approximate surface area is 120 Å². The lowest BCUT2D eigenvalue weighted by Gasteiger charge is -2.32. The average Bonchev–Trinajstić information content (AvgIpc) is 2.52. The van der Waals surface area contributed by atoms with Crippen molar-refractivity contribution in [2.45, 2.75) is 38.8 Å². The van der Waals surface area contributed by atoms with Gasteiger partial charge in [0.05, 0.1) is 6.10 Å². The third kappa shape index (κ3) is 3.81. The molecular formula is C16H24N2O2. The Balaban J connectivity index is 2.00. The van der Waals surface area contributed by atoms with Gasteiger partial charge in [0.25, 0.3) is 5.91 Å². The SMILES string of the molecule is CCCOC1CCCN(C(=O)c2cccc(CN)c2)C1. The average molecular weight is 276 g/mol. The second kappa shape index (κ2) is 7.41. The van der Waals surface area contributed by atoms with E-state index in [0.29, 0.717) is 13.1 Å². The first-order valence-electron chi connectivity index (χ1n) is 7.44. The Morgan fingerprint density at radius 3 is 3.10 bits per heavy atom. The lowest BCUT2D eigenvalue weighted by Crippen LogP contribution is -2.43. The number of carbonyl (C=O) groups excluding carboxylic acids is 1. The van der Waals surface area contributed by atoms with E-state index in [9.17, 15) is 4.79 Å². The molecule has 1 aromatic carbocycles. The first-order chi connectivity index (χ1) is 9.74. The maximum absolute atomic E-state index is 12.5. The smallest absolute Gasteiger partial charge is 0.253 e. The van der Waals surface area contributed by atoms with Gasteiger partial charge in [0.2, 0.25) is 0 Å². The summed E-state index contributed by atoms with van der Waals surface area (Å²) in [6.45, 7) is 4.85. The Kier molecular flexibility index (Phi) is 5.56. The fourth-order valence-electron chi connectivity index (χ4n) is 2.56. The number of rotatable bonds is 5. The summed E-state index contributed by atoms with van der Waals surface area (Å²) in [7, 11) is 0. The van der Waals surface area contributed by atoms with E-state index in [0.717, 1.165) is 43.5 Å². The molecule has 20 heavy (non-hydrogen) atoms. The standard InChI is InChI=1S/C16H24N2O2/c1-2-9-20-15-7-4-8-18(12-15)16(19)14-6-3-5-13(10-14)11-17/h3,5-6,10,15H,2,4,7-9,11-12,17H2,1H3. The zero-order valence-corrected chi connectivity index (χ0v) is 12.2. The van der Waals surface area contributed by atoms with Crippen LogP contribution in [0.15, 0.2) is 24.3 Å². The van der Waals surface area contributed by atoms with Crippen molar-refractivity contribution in [2.75, 3.05) is 19.7 Å². The lowest BCUT2D eigenvalue weighted by molar-refractivity contribution is 0.00211. The molecule has 0 radical (unpaired) electrons. The molecule has 1 aromatic rings. The van der Waals surface area contributed by atoms with Gasteiger partial charge in [0, 0.05) is 31.8 Å². The summed E-state index contributed by atoms with van der Waals surface area (Å²) in [4.78, 5) is 14.4. The van der Waals surface area contributed by atoms with Crippen LogP contribution < -0.4 is 5.73 Å². The molecule has 2 rings (SSSR count). The molecule has 1 atom stereocenters. The third-order valence-corrected chi connectivity index (χ3v) is 3.63. The van der Waals surface area contributed by atoms with Crippen LogP contribution in [0.5, 0.6) is 0 Å². The van der Waals surface area contributed by atoms with Gasteiger partial charge >= 0.3 is 0 Å². The highest BCUT2D eigenvalue weighted by Gasteiger charge is 2.24. The van der Waals surface area contributed by atoms with E-state index in [-0.39, 0.29) is 12.0 Å². The van der Waals surface area contributed by atoms with Crippen LogP contribution in [-0.2, 0) is 11.3 Å². The normalized spacial score (nSPS) is 19.1. The maximum atomic E-state index is 12.5. The summed E-state index contributed by atoms with van der Waals surface area (Å²) < 4.78 is 5.78. The number of hydrogen-bond acceptors (Lipinski definition) is 3. The highest BCUT2D eigenvalue weighted by atomic mass is 16.5. The first-order valence-corrected chi connectivity index (χ1v) is 7.44. The highest BCUT2D eigenvalue weighted by molar-refractivity contribution is 5.94. The number of benzene rings is 1. The number of likely N-dealkylation sites (tertiary alicyclic amines) is 1. The Morgan fingerprint density at radius 1 is 1.50 bits per heavy atom. The summed E-state index contributed by atoms with van der Waals surface area (Å²) in [6.07, 6.45) is 3.26. The van der Waals surface area contributed by atoms with Crippen molar-refractivity contribution in [3.05, 3.63) is 35.4 Å². The molecule has 2 N–H and O–H groups in total. The molecule has 1 fully saturated rings. The maximum Gasteiger partial charge on any atom is 0.253 e. The summed E-state index contributed by atoms with van der Waals surface area (Å²) in [6, 6.07) is 7.58. The van der Waals surface area contributed by atoms with Crippen molar-refractivity contribution < 1.29 is 9.53 Å². The van der Waals surface area contributed by atoms with Crippen LogP contribution in [0.4, 0.5) is 0 Å². The van der Waals surface area contributed by atoms with Crippen molar-refractivity contribution >= 4 is 5.91 Å². The number of carbonyl (C=O) groups is 1. The Morgan fingerprint density at radius 2 is 2.35 bits per heavy atom. The molecule has 1 heterocycles. The van der Waals surface area contributed by atoms with Gasteiger partial charge < -0.3 is 15.4 Å². The van der Waals surface area contributed by atoms with E-state index < -0.39 is 0 Å². The van der Waals surface area contributed by atoms with Gasteiger partial charge in [0.15, 0.2) is 0 Å². The Hall–Kier alpha value is -1.39. The van der Waals surface area contributed by atoms with Crippen molar-refractivity contribution in [1.82, 2.24) is 4.90 Å². The van der Waals surface area contributed by atoms with Crippen LogP contribution in [0.3, 0.4) is 0 Å². The van der Waals surface area contributed by atoms with Crippen molar-refractivity contribution in [3.63, 3.8) is 0 Å². The minimum atomic E-state index is 0.0881. The molecule has 4 nitrogen and oxygen atoms in total. The van der Waals surface area contributed by atoms with Gasteiger partial charge in [-0.1, -0.05) is 19.1 Å². The third-order valence-electron chi connectivity index (χ3n) is 3.63. The van der Waals surface area contributed by atoms with Gasteiger partial charge in [0.1, 0.15) is 0 Å². The van der Waals surface area contributed by atoms with Gasteiger partial charge in [-0.3, -0.25) is 4.79 Å². The number of amides is 1. The predicted molar refractivity (Wildman–Crippen MR) is 79.5 cm³/mol. The number of hydrogen-bond donors (Lipinski definition) is 1. The molecule has 4 heteroatoms. The largest absolute Gasteiger partial charge is 0.376 e. The van der Waals surface area contributed by atoms with Crippen LogP contribution in [0.25, 0.3) is 0 Å². The number of nitrogens with two attached hydrogens (primary N) is 1. The van der Waals surface area contributed by atoms with E-state index >= 15 is 0 Å². The molecule has 0 aromatic heterocycles. The Bertz CT molecular complexity index is 448. The molecule has 1 amide bonds. The predicted octanol–water partition coefficient (Wildman–Crippen LogP) is 2.18. The van der Waals surface area contributed by atoms with Gasteiger partial charge in [-0.05, 0) is 37.0 Å². The van der Waals surface area contributed by atoms with Crippen LogP contribution in [0.2, 0.25) is 0 Å². The molecule has 1 aliphatic rings. The second-order valence-corrected chi connectivity index (χ2v) is 5.29. The minimum absolute atomic E-state index is 0.0881. The first kappa shape index (κ1) is 15.0. The second-order valence-electron chi connectivity index (χ2n) is 5.29. The van der Waals surface area contributed by atoms with E-state index in [4.69, 9.17) is 10.5 Å². The summed E-state index contributed by atoms with van der Waals surface area (Å²) in [5.74, 6) is 0.0881. The van der Waals surface area contributed by atoms with Crippen molar-refractivity contribution in [3.8, 4) is 0 Å². The number of nitrogens with zero attached hydrogens (tertiary/aromatic N) is 1. The molecule has 0 bridgehead atoms. The zero-order valence-electron chi connectivity index (χ0n) is 12.2. The van der Waals surface area contributed by atoms with Crippen LogP contribution in [-0.4, -0.2) is 36.6 Å². The van der Waals surface area contributed by atoms with Gasteiger partial charge in [-0.25, -0.2) is 0 Å². The monoisotopic (exact) mass is 276 g/mol. The molecule has 1 unspecified atom stereocenters. The van der Waals surface area contributed by atoms with Crippen molar-refractivity contribution in [1.29, 1.82) is 0 Å². The molecule has 0 aliphatic carbocycles. The summed E-state index contributed by atoms with van der Waals surface area (Å²) >= 11 is 0. The molecular weight excluding hydrogens is 252 g/mol. The van der Waals surface area contributed by atoms with Crippen LogP contribution in [0.1, 0.15) is 42.1 Å². The summed E-state index contributed by atoms with van der Waals surface area (Å²) in [5.41, 5.74) is 7.35. The molecule has 110 valence electrons. The molecule has 0 spiro atoms. The van der Waals surface area contributed by atoms with Crippen LogP contribution >= 0.6 is 0 Å². The van der Waals surface area contributed by atoms with Crippen molar-refractivity contribution in [2.24, 2.45) is 5.73 Å². The summed E-state index contributed by atoms with van der Waals surface area (Å²) in [5, 5.41) is 0. The lowest BCUT2D eigenvalue weighted by atomic mass is 10.1. The topological polar surface area (TPSA) is 55.6 Å². The molecule has 1 aliphatic heterocycles. The number of piperidine rings is 1. The highest BCUT2D eigenvalue weighted by Crippen LogP contribution is 2.17. The zero-order chi connectivity index (χ0) is 14.4. The van der Waals surface area contributed by atoms with E-state index in [1.807, 2.05) is 29.2 Å². The molecule has 0 saturated carbocycles. The minimum Gasteiger partial charge on any atom is -0.376 e. The molecule has 1 saturated heterocycles. The van der Waals surface area contributed by atoms with E-state index in [2.05, 4.69) is 6.92 Å². The fourth-order valence-corrected chi connectivity index (χ4v) is 2.56. The quantitative estimate of drug-likeness (QED) is 0.896.